The number of hydrazine groups is 1. The summed E-state index contributed by atoms with van der Waals surface area (Å²) >= 11 is 0. The van der Waals surface area contributed by atoms with Gasteiger partial charge < -0.3 is 10.3 Å². The van der Waals surface area contributed by atoms with Crippen LogP contribution in [-0.4, -0.2) is 5.54 Å². The summed E-state index contributed by atoms with van der Waals surface area (Å²) in [4.78, 5) is 2.58. The molecule has 1 aliphatic heterocycles. The fourth-order valence-corrected chi connectivity index (χ4v) is 4.48. The maximum atomic E-state index is 3.34. The molecule has 0 saturated heterocycles. The van der Waals surface area contributed by atoms with Crippen molar-refractivity contribution in [3.8, 4) is 0 Å². The molecule has 150 valence electrons. The molecule has 1 heterocycles. The third-order valence-corrected chi connectivity index (χ3v) is 5.93. The smallest absolute Gasteiger partial charge is 0.0487 e. The van der Waals surface area contributed by atoms with Crippen molar-refractivity contribution in [3.05, 3.63) is 95.6 Å². The average Bonchev–Trinajstić information content (AvgIpc) is 2.72. The van der Waals surface area contributed by atoms with Crippen molar-refractivity contribution in [1.29, 1.82) is 0 Å². The van der Waals surface area contributed by atoms with Crippen molar-refractivity contribution >= 4 is 11.4 Å². The molecule has 3 aromatic rings. The van der Waals surface area contributed by atoms with Crippen LogP contribution in [0.5, 0.6) is 0 Å². The fourth-order valence-electron chi connectivity index (χ4n) is 4.48. The largest absolute Gasteiger partial charge is 0.362 e. The summed E-state index contributed by atoms with van der Waals surface area (Å²) in [6, 6.07) is 28.0. The minimum atomic E-state index is 0.136. The molecule has 0 aliphatic carbocycles. The summed E-state index contributed by atoms with van der Waals surface area (Å²) in [5, 5.41) is 0. The Kier molecular flexibility index (Phi) is 5.59. The molecule has 0 spiro atoms. The van der Waals surface area contributed by atoms with Gasteiger partial charge in [-0.05, 0) is 61.1 Å². The van der Waals surface area contributed by atoms with E-state index >= 15 is 0 Å². The van der Waals surface area contributed by atoms with E-state index in [0.29, 0.717) is 5.92 Å². The van der Waals surface area contributed by atoms with E-state index in [2.05, 4.69) is 97.2 Å². The summed E-state index contributed by atoms with van der Waals surface area (Å²) in [5.74, 6) is 0.550. The molecule has 1 aliphatic rings. The first-order valence-electron chi connectivity index (χ1n) is 10.5. The molecule has 0 aromatic heterocycles. The Hall–Kier alpha value is -2.78. The number of hydrogen-bond donors (Lipinski definition) is 2. The van der Waals surface area contributed by atoms with Gasteiger partial charge in [0.2, 0.25) is 0 Å². The fraction of sp³-hybridized carbons (Fsp3) is 0.308. The lowest BCUT2D eigenvalue weighted by atomic mass is 9.79. The van der Waals surface area contributed by atoms with Gasteiger partial charge in [-0.1, -0.05) is 67.6 Å². The molecule has 0 radical (unpaired) electrons. The summed E-state index contributed by atoms with van der Waals surface area (Å²) < 4.78 is 0. The van der Waals surface area contributed by atoms with E-state index in [1.165, 1.54) is 22.4 Å². The van der Waals surface area contributed by atoms with Crippen molar-refractivity contribution in [2.45, 2.75) is 51.7 Å². The molecule has 1 unspecified atom stereocenters. The normalized spacial score (nSPS) is 17.6. The highest BCUT2D eigenvalue weighted by atomic mass is 15.3. The molecule has 1 atom stereocenters. The number of anilines is 2. The van der Waals surface area contributed by atoms with Crippen molar-refractivity contribution in [1.82, 2.24) is 5.43 Å². The molecular weight excluding hydrogens is 354 g/mol. The van der Waals surface area contributed by atoms with E-state index in [9.17, 15) is 0 Å². The minimum absolute atomic E-state index is 0.136. The van der Waals surface area contributed by atoms with Crippen molar-refractivity contribution in [2.75, 3.05) is 10.3 Å². The predicted molar refractivity (Wildman–Crippen MR) is 123 cm³/mol. The van der Waals surface area contributed by atoms with Crippen molar-refractivity contribution in [2.24, 2.45) is 0 Å². The van der Waals surface area contributed by atoms with E-state index in [4.69, 9.17) is 0 Å². The van der Waals surface area contributed by atoms with Gasteiger partial charge in [0.25, 0.3) is 0 Å². The van der Waals surface area contributed by atoms with E-state index in [0.717, 1.165) is 25.2 Å². The molecular formula is C26H31N3. The zero-order valence-corrected chi connectivity index (χ0v) is 17.7. The molecule has 0 saturated carbocycles. The van der Waals surface area contributed by atoms with Gasteiger partial charge in [0.1, 0.15) is 0 Å². The van der Waals surface area contributed by atoms with Crippen LogP contribution in [-0.2, 0) is 13.1 Å². The highest BCUT2D eigenvalue weighted by Gasteiger charge is 2.36. The summed E-state index contributed by atoms with van der Waals surface area (Å²) in [7, 11) is 0. The second-order valence-electron chi connectivity index (χ2n) is 8.73. The second kappa shape index (κ2) is 8.30. The van der Waals surface area contributed by atoms with Gasteiger partial charge >= 0.3 is 0 Å². The molecule has 3 nitrogen and oxygen atoms in total. The SMILES string of the molecule is CC1CC(C)(C)N(Cc2ccccc2)c2ccc(CNNc3ccccc3)cc21. The Labute approximate surface area is 174 Å². The van der Waals surface area contributed by atoms with Gasteiger partial charge in [0.15, 0.2) is 0 Å². The zero-order chi connectivity index (χ0) is 20.3. The monoisotopic (exact) mass is 385 g/mol. The topological polar surface area (TPSA) is 27.3 Å². The highest BCUT2D eigenvalue weighted by molar-refractivity contribution is 5.61. The number of nitrogens with one attached hydrogen (secondary N) is 2. The van der Waals surface area contributed by atoms with Crippen LogP contribution in [0.3, 0.4) is 0 Å². The maximum absolute atomic E-state index is 3.34. The van der Waals surface area contributed by atoms with Crippen LogP contribution in [0.15, 0.2) is 78.9 Å². The number of benzene rings is 3. The van der Waals surface area contributed by atoms with Crippen LogP contribution in [0.2, 0.25) is 0 Å². The van der Waals surface area contributed by atoms with Crippen LogP contribution in [0.4, 0.5) is 11.4 Å². The number of hydrogen-bond acceptors (Lipinski definition) is 3. The molecule has 2 N–H and O–H groups in total. The molecule has 3 aromatic carbocycles. The van der Waals surface area contributed by atoms with Gasteiger partial charge in [-0.25, -0.2) is 5.43 Å². The van der Waals surface area contributed by atoms with Crippen molar-refractivity contribution in [3.63, 3.8) is 0 Å². The molecule has 3 heteroatoms. The Morgan fingerprint density at radius 2 is 1.59 bits per heavy atom. The van der Waals surface area contributed by atoms with E-state index < -0.39 is 0 Å². The van der Waals surface area contributed by atoms with Gasteiger partial charge in [0, 0.05) is 30.0 Å². The van der Waals surface area contributed by atoms with E-state index in [1.807, 2.05) is 18.2 Å². The van der Waals surface area contributed by atoms with Crippen LogP contribution >= 0.6 is 0 Å². The first-order valence-corrected chi connectivity index (χ1v) is 10.5. The second-order valence-corrected chi connectivity index (χ2v) is 8.73. The van der Waals surface area contributed by atoms with Crippen LogP contribution < -0.4 is 15.8 Å². The van der Waals surface area contributed by atoms with Gasteiger partial charge in [-0.15, -0.1) is 0 Å². The van der Waals surface area contributed by atoms with Crippen LogP contribution in [0.1, 0.15) is 49.8 Å². The Bertz CT molecular complexity index is 935. The quantitative estimate of drug-likeness (QED) is 0.502. The first-order chi connectivity index (χ1) is 14.0. The summed E-state index contributed by atoms with van der Waals surface area (Å²) in [6.45, 7) is 8.83. The molecule has 0 fully saturated rings. The third kappa shape index (κ3) is 4.46. The van der Waals surface area contributed by atoms with Gasteiger partial charge in [-0.2, -0.15) is 0 Å². The molecule has 0 amide bonds. The number of nitrogens with zero attached hydrogens (tertiary/aromatic N) is 1. The first kappa shape index (κ1) is 19.5. The van der Waals surface area contributed by atoms with E-state index in [1.54, 1.807) is 0 Å². The zero-order valence-electron chi connectivity index (χ0n) is 17.7. The molecule has 0 bridgehead atoms. The van der Waals surface area contributed by atoms with Crippen LogP contribution in [0, 0.1) is 0 Å². The highest BCUT2D eigenvalue weighted by Crippen LogP contribution is 2.44. The lowest BCUT2D eigenvalue weighted by molar-refractivity contribution is 0.374. The number of para-hydroxylation sites is 1. The standard InChI is InChI=1S/C26H31N3/c1-20-17-26(2,3)29(19-21-10-6-4-7-11-21)25-15-14-22(16-24(20)25)18-27-28-23-12-8-5-9-13-23/h4-16,20,27-28H,17-19H2,1-3H3. The van der Waals surface area contributed by atoms with Crippen molar-refractivity contribution < 1.29 is 0 Å². The number of fused-ring (bicyclic) bond motifs is 1. The Morgan fingerprint density at radius 1 is 0.897 bits per heavy atom. The maximum Gasteiger partial charge on any atom is 0.0487 e. The molecule has 29 heavy (non-hydrogen) atoms. The summed E-state index contributed by atoms with van der Waals surface area (Å²) in [6.07, 6.45) is 1.16. The number of rotatable bonds is 6. The summed E-state index contributed by atoms with van der Waals surface area (Å²) in [5.41, 5.74) is 13.3. The van der Waals surface area contributed by atoms with Crippen LogP contribution in [0.25, 0.3) is 0 Å². The predicted octanol–water partition coefficient (Wildman–Crippen LogP) is 6.10. The Morgan fingerprint density at radius 3 is 2.31 bits per heavy atom. The minimum Gasteiger partial charge on any atom is -0.362 e. The van der Waals surface area contributed by atoms with Gasteiger partial charge in [-0.3, -0.25) is 0 Å². The third-order valence-electron chi connectivity index (χ3n) is 5.93. The lowest BCUT2D eigenvalue weighted by Crippen LogP contribution is -2.47. The average molecular weight is 386 g/mol. The van der Waals surface area contributed by atoms with Gasteiger partial charge in [0.05, 0.1) is 0 Å². The lowest BCUT2D eigenvalue weighted by Gasteiger charge is -2.48. The Balaban J connectivity index is 1.53. The van der Waals surface area contributed by atoms with E-state index in [-0.39, 0.29) is 5.54 Å². The molecule has 4 rings (SSSR count).